The first-order chi connectivity index (χ1) is 8.56. The van der Waals surface area contributed by atoms with Gasteiger partial charge in [0.05, 0.1) is 6.20 Å². The maximum absolute atomic E-state index is 13.4. The molecule has 0 saturated carbocycles. The molecule has 0 saturated heterocycles. The molecule has 7 heteroatoms. The minimum absolute atomic E-state index is 0.142. The lowest BCUT2D eigenvalue weighted by molar-refractivity contribution is 0.618. The van der Waals surface area contributed by atoms with Gasteiger partial charge in [0.2, 0.25) is 0 Å². The van der Waals surface area contributed by atoms with E-state index in [1.165, 1.54) is 6.07 Å². The maximum atomic E-state index is 13.4. The number of anilines is 1. The Balaban J connectivity index is 2.08. The topological polar surface area (TPSA) is 64.2 Å². The Morgan fingerprint density at radius 2 is 1.94 bits per heavy atom. The van der Waals surface area contributed by atoms with Crippen molar-refractivity contribution in [2.75, 3.05) is 5.73 Å². The number of fused-ring (bicyclic) bond motifs is 1. The summed E-state index contributed by atoms with van der Waals surface area (Å²) >= 11 is 5.74. The SMILES string of the molecule is Nc1nc(C2=Nc3c(F)cc(Cl)cc32)ncc1F. The van der Waals surface area contributed by atoms with Gasteiger partial charge in [0.1, 0.15) is 11.4 Å². The molecule has 0 atom stereocenters. The average Bonchev–Trinajstić information content (AvgIpc) is 2.28. The van der Waals surface area contributed by atoms with Crippen molar-refractivity contribution in [1.82, 2.24) is 9.97 Å². The van der Waals surface area contributed by atoms with Gasteiger partial charge in [-0.2, -0.15) is 0 Å². The summed E-state index contributed by atoms with van der Waals surface area (Å²) in [6.45, 7) is 0. The van der Waals surface area contributed by atoms with E-state index in [1.807, 2.05) is 0 Å². The number of rotatable bonds is 1. The Bertz CT molecular complexity index is 700. The quantitative estimate of drug-likeness (QED) is 0.736. The van der Waals surface area contributed by atoms with Crippen LogP contribution in [0.25, 0.3) is 0 Å². The number of benzene rings is 1. The van der Waals surface area contributed by atoms with E-state index in [0.29, 0.717) is 11.3 Å². The maximum Gasteiger partial charge on any atom is 0.183 e. The van der Waals surface area contributed by atoms with Crippen molar-refractivity contribution in [3.05, 3.63) is 46.4 Å². The fourth-order valence-electron chi connectivity index (χ4n) is 1.64. The van der Waals surface area contributed by atoms with Crippen LogP contribution in [0.15, 0.2) is 23.3 Å². The van der Waals surface area contributed by atoms with Crippen molar-refractivity contribution >= 4 is 28.8 Å². The second kappa shape index (κ2) is 3.71. The first-order valence-electron chi connectivity index (χ1n) is 4.93. The number of aromatic nitrogens is 2. The number of aliphatic imine (C=N–C) groups is 1. The number of nitrogens with zero attached hydrogens (tertiary/aromatic N) is 3. The Hall–Kier alpha value is -2.08. The summed E-state index contributed by atoms with van der Waals surface area (Å²) in [7, 11) is 0. The number of nitrogens with two attached hydrogens (primary N) is 1. The molecule has 0 unspecified atom stereocenters. The van der Waals surface area contributed by atoms with E-state index < -0.39 is 11.6 Å². The molecule has 1 aromatic heterocycles. The van der Waals surface area contributed by atoms with E-state index >= 15 is 0 Å². The normalized spacial score (nSPS) is 12.7. The first-order valence-corrected chi connectivity index (χ1v) is 5.30. The highest BCUT2D eigenvalue weighted by atomic mass is 35.5. The number of nitrogen functional groups attached to an aromatic ring is 1. The molecule has 0 radical (unpaired) electrons. The van der Waals surface area contributed by atoms with Crippen molar-refractivity contribution in [2.24, 2.45) is 4.99 Å². The van der Waals surface area contributed by atoms with Gasteiger partial charge in [0.15, 0.2) is 23.3 Å². The Morgan fingerprint density at radius 3 is 2.67 bits per heavy atom. The first kappa shape index (κ1) is 11.0. The smallest absolute Gasteiger partial charge is 0.183 e. The minimum Gasteiger partial charge on any atom is -0.381 e. The number of hydrogen-bond acceptors (Lipinski definition) is 4. The van der Waals surface area contributed by atoms with Crippen LogP contribution in [0.3, 0.4) is 0 Å². The van der Waals surface area contributed by atoms with Gasteiger partial charge in [-0.25, -0.2) is 23.7 Å². The molecule has 2 aromatic rings. The molecule has 3 rings (SSSR count). The van der Waals surface area contributed by atoms with Gasteiger partial charge >= 0.3 is 0 Å². The summed E-state index contributed by atoms with van der Waals surface area (Å²) < 4.78 is 26.3. The van der Waals surface area contributed by atoms with E-state index in [2.05, 4.69) is 15.0 Å². The highest BCUT2D eigenvalue weighted by molar-refractivity contribution is 6.32. The van der Waals surface area contributed by atoms with E-state index in [-0.39, 0.29) is 22.4 Å². The minimum atomic E-state index is -0.712. The van der Waals surface area contributed by atoms with Crippen molar-refractivity contribution in [3.8, 4) is 0 Å². The molecule has 18 heavy (non-hydrogen) atoms. The largest absolute Gasteiger partial charge is 0.381 e. The molecule has 0 fully saturated rings. The number of halogens is 3. The molecule has 4 nitrogen and oxygen atoms in total. The second-order valence-corrected chi connectivity index (χ2v) is 4.11. The summed E-state index contributed by atoms with van der Waals surface area (Å²) in [5, 5.41) is 0.244. The van der Waals surface area contributed by atoms with Crippen LogP contribution in [0.2, 0.25) is 5.02 Å². The fraction of sp³-hybridized carbons (Fsp3) is 0. The van der Waals surface area contributed by atoms with Crippen molar-refractivity contribution in [1.29, 1.82) is 0 Å². The predicted molar refractivity (Wildman–Crippen MR) is 63.1 cm³/mol. The Kier molecular flexibility index (Phi) is 2.27. The average molecular weight is 267 g/mol. The molecular formula is C11H5ClF2N4. The molecule has 0 aliphatic carbocycles. The second-order valence-electron chi connectivity index (χ2n) is 3.67. The zero-order valence-electron chi connectivity index (χ0n) is 8.78. The summed E-state index contributed by atoms with van der Waals surface area (Å²) in [4.78, 5) is 11.5. The van der Waals surface area contributed by atoms with E-state index in [4.69, 9.17) is 17.3 Å². The highest BCUT2D eigenvalue weighted by Crippen LogP contribution is 2.36. The lowest BCUT2D eigenvalue weighted by atomic mass is 10.0. The van der Waals surface area contributed by atoms with Crippen LogP contribution in [0.5, 0.6) is 0 Å². The van der Waals surface area contributed by atoms with Gasteiger partial charge in [-0.15, -0.1) is 0 Å². The van der Waals surface area contributed by atoms with Crippen LogP contribution in [-0.4, -0.2) is 15.7 Å². The summed E-state index contributed by atoms with van der Waals surface area (Å²) in [5.74, 6) is -1.37. The van der Waals surface area contributed by atoms with E-state index in [0.717, 1.165) is 6.20 Å². The van der Waals surface area contributed by atoms with Gasteiger partial charge < -0.3 is 5.73 Å². The monoisotopic (exact) mass is 266 g/mol. The predicted octanol–water partition coefficient (Wildman–Crippen LogP) is 2.47. The van der Waals surface area contributed by atoms with Gasteiger partial charge in [0, 0.05) is 10.6 Å². The molecular weight excluding hydrogens is 262 g/mol. The van der Waals surface area contributed by atoms with Crippen LogP contribution in [-0.2, 0) is 0 Å². The Labute approximate surface area is 105 Å². The summed E-state index contributed by atoms with van der Waals surface area (Å²) in [6.07, 6.45) is 0.944. The lowest BCUT2D eigenvalue weighted by Crippen LogP contribution is -2.17. The summed E-state index contributed by atoms with van der Waals surface area (Å²) in [5.41, 5.74) is 6.37. The molecule has 1 aliphatic heterocycles. The molecule has 0 amide bonds. The number of hydrogen-bond donors (Lipinski definition) is 1. The van der Waals surface area contributed by atoms with Crippen LogP contribution >= 0.6 is 11.6 Å². The van der Waals surface area contributed by atoms with Gasteiger partial charge in [-0.05, 0) is 12.1 Å². The van der Waals surface area contributed by atoms with Crippen LogP contribution in [0.1, 0.15) is 11.4 Å². The fourth-order valence-corrected chi connectivity index (χ4v) is 1.85. The van der Waals surface area contributed by atoms with Crippen LogP contribution < -0.4 is 5.73 Å². The third-order valence-electron chi connectivity index (χ3n) is 2.49. The highest BCUT2D eigenvalue weighted by Gasteiger charge is 2.26. The molecule has 2 heterocycles. The molecule has 1 aliphatic rings. The van der Waals surface area contributed by atoms with Gasteiger partial charge in [-0.3, -0.25) is 0 Å². The third-order valence-corrected chi connectivity index (χ3v) is 2.71. The van der Waals surface area contributed by atoms with Gasteiger partial charge in [0.25, 0.3) is 0 Å². The molecule has 0 bridgehead atoms. The van der Waals surface area contributed by atoms with E-state index in [1.54, 1.807) is 6.07 Å². The molecule has 0 spiro atoms. The molecule has 90 valence electrons. The lowest BCUT2D eigenvalue weighted by Gasteiger charge is -2.18. The van der Waals surface area contributed by atoms with Crippen LogP contribution in [0.4, 0.5) is 20.3 Å². The summed E-state index contributed by atoms with van der Waals surface area (Å²) in [6, 6.07) is 2.71. The molecule has 2 N–H and O–H groups in total. The third kappa shape index (κ3) is 1.53. The Morgan fingerprint density at radius 1 is 1.17 bits per heavy atom. The van der Waals surface area contributed by atoms with Crippen molar-refractivity contribution in [3.63, 3.8) is 0 Å². The zero-order valence-corrected chi connectivity index (χ0v) is 9.54. The zero-order chi connectivity index (χ0) is 12.9. The standard InChI is InChI=1S/C11H5ClF2N4/c12-4-1-5-8(6(13)2-4)17-9(5)11-16-3-7(14)10(15)18-11/h1-3H,(H2,15,16,18). The van der Waals surface area contributed by atoms with Crippen LogP contribution in [0, 0.1) is 11.6 Å². The van der Waals surface area contributed by atoms with Crippen molar-refractivity contribution < 1.29 is 8.78 Å². The van der Waals surface area contributed by atoms with E-state index in [9.17, 15) is 8.78 Å². The van der Waals surface area contributed by atoms with Crippen molar-refractivity contribution in [2.45, 2.75) is 0 Å². The van der Waals surface area contributed by atoms with Gasteiger partial charge in [-0.1, -0.05) is 11.6 Å². The molecule has 1 aromatic carbocycles.